The van der Waals surface area contributed by atoms with Gasteiger partial charge in [-0.2, -0.15) is 0 Å². The number of benzene rings is 1. The zero-order chi connectivity index (χ0) is 29.8. The molecule has 14 heteroatoms. The van der Waals surface area contributed by atoms with Crippen molar-refractivity contribution < 1.29 is 36.2 Å². The molecule has 3 aliphatic rings. The van der Waals surface area contributed by atoms with Gasteiger partial charge in [0.1, 0.15) is 22.9 Å². The summed E-state index contributed by atoms with van der Waals surface area (Å²) < 4.78 is 69.2. The Bertz CT molecular complexity index is 1590. The van der Waals surface area contributed by atoms with Crippen molar-refractivity contribution in [2.24, 2.45) is 10.9 Å². The molecule has 3 aromatic rings. The first-order chi connectivity index (χ1) is 19.5. The minimum Gasteiger partial charge on any atom is -0.462 e. The number of aromatic nitrogens is 2. The molecule has 41 heavy (non-hydrogen) atoms. The molecule has 5 heterocycles. The van der Waals surface area contributed by atoms with Crippen LogP contribution in [-0.2, 0) is 9.84 Å². The first kappa shape index (κ1) is 30.6. The number of anilines is 1. The van der Waals surface area contributed by atoms with Crippen molar-refractivity contribution in [3.63, 3.8) is 0 Å². The Kier molecular flexibility index (Phi) is 9.46. The van der Waals surface area contributed by atoms with E-state index in [0.29, 0.717) is 22.5 Å². The molecule has 0 saturated carbocycles. The lowest BCUT2D eigenvalue weighted by molar-refractivity contribution is 0.0105. The van der Waals surface area contributed by atoms with E-state index in [1.165, 1.54) is 18.4 Å². The number of aliphatic hydroxyl groups is 2. The molecule has 2 aromatic heterocycles. The number of dihydropyridines is 1. The number of aliphatic imine (C=N–C) groups is 1. The van der Waals surface area contributed by atoms with Crippen LogP contribution >= 0.6 is 11.6 Å². The van der Waals surface area contributed by atoms with E-state index in [0.717, 1.165) is 31.3 Å². The summed E-state index contributed by atoms with van der Waals surface area (Å²) in [5.74, 6) is -1.19. The zero-order valence-electron chi connectivity index (χ0n) is 21.8. The molecule has 6 rings (SSSR count). The van der Waals surface area contributed by atoms with Crippen molar-refractivity contribution in [1.82, 2.24) is 9.97 Å². The van der Waals surface area contributed by atoms with Gasteiger partial charge in [-0.1, -0.05) is 36.2 Å². The second-order valence-electron chi connectivity index (χ2n) is 9.76. The van der Waals surface area contributed by atoms with Crippen LogP contribution in [0.1, 0.15) is 37.9 Å². The maximum absolute atomic E-state index is 14.6. The number of sulfone groups is 1. The van der Waals surface area contributed by atoms with Crippen LogP contribution in [-0.4, -0.2) is 71.3 Å². The van der Waals surface area contributed by atoms with E-state index >= 15 is 0 Å². The van der Waals surface area contributed by atoms with Crippen LogP contribution in [0.25, 0.3) is 22.1 Å². The lowest BCUT2D eigenvalue weighted by Gasteiger charge is -2.37. The van der Waals surface area contributed by atoms with Gasteiger partial charge in [0.15, 0.2) is 33.3 Å². The minimum absolute atomic E-state index is 0.118. The SMILES string of the molecule is C#CO.FC(F)c1nc(N2CCCC2)c2oc3ccccc3c2n1.O=S1(=O)CCC(F)(C2C=C(Cl)C=NC2O)CC1. The standard InChI is InChI=1S/C15H13F2N3O.C10H13ClFNO3S.C2H2O/c16-13(17)14-18-11-9-5-1-2-6-10(9)21-12(11)15(19-14)20-7-3-4-8-20;11-7-5-8(9(14)13-6-7)10(12)1-3-17(15,16)4-2-10;1-2-3/h1-2,5-6,13H,3-4,7-8H2;5-6,8-9,14H,1-4H2;1,3H. The number of allylic oxidation sites excluding steroid dienone is 1. The fraction of sp³-hybridized carbons (Fsp3) is 0.444. The number of terminal acetylenes is 1. The average Bonchev–Trinajstić information content (AvgIpc) is 3.61. The molecule has 2 fully saturated rings. The van der Waals surface area contributed by atoms with E-state index in [1.807, 2.05) is 29.2 Å². The normalized spacial score (nSPS) is 22.9. The van der Waals surface area contributed by atoms with Gasteiger partial charge in [0.05, 0.1) is 22.5 Å². The largest absolute Gasteiger partial charge is 0.462 e. The average molecular weight is 613 g/mol. The van der Waals surface area contributed by atoms with Crippen molar-refractivity contribution in [2.45, 2.75) is 44.0 Å². The first-order valence-corrected chi connectivity index (χ1v) is 15.0. The molecule has 2 N–H and O–H groups in total. The number of alkyl halides is 3. The van der Waals surface area contributed by atoms with E-state index in [-0.39, 0.29) is 29.4 Å². The maximum atomic E-state index is 14.6. The highest BCUT2D eigenvalue weighted by Crippen LogP contribution is 2.40. The molecule has 0 radical (unpaired) electrons. The number of furan rings is 1. The van der Waals surface area contributed by atoms with Gasteiger partial charge in [0, 0.05) is 24.7 Å². The molecule has 2 unspecified atom stereocenters. The van der Waals surface area contributed by atoms with E-state index in [9.17, 15) is 26.7 Å². The maximum Gasteiger partial charge on any atom is 0.297 e. The molecule has 2 saturated heterocycles. The molecule has 0 spiro atoms. The van der Waals surface area contributed by atoms with E-state index in [1.54, 1.807) is 0 Å². The van der Waals surface area contributed by atoms with Crippen LogP contribution in [0.15, 0.2) is 44.8 Å². The van der Waals surface area contributed by atoms with Gasteiger partial charge in [-0.15, -0.1) is 0 Å². The summed E-state index contributed by atoms with van der Waals surface area (Å²) in [4.78, 5) is 13.8. The molecule has 0 amide bonds. The Balaban J connectivity index is 0.000000176. The van der Waals surface area contributed by atoms with Crippen LogP contribution in [0.4, 0.5) is 19.0 Å². The molecule has 0 aliphatic carbocycles. The highest BCUT2D eigenvalue weighted by molar-refractivity contribution is 7.91. The molecular formula is C27H28ClF3N4O5S. The van der Waals surface area contributed by atoms with Gasteiger partial charge in [0.2, 0.25) is 0 Å². The van der Waals surface area contributed by atoms with Crippen LogP contribution in [0, 0.1) is 18.4 Å². The number of fused-ring (bicyclic) bond motifs is 3. The number of para-hydroxylation sites is 1. The van der Waals surface area contributed by atoms with E-state index < -0.39 is 39.9 Å². The highest BCUT2D eigenvalue weighted by atomic mass is 35.5. The molecule has 2 atom stereocenters. The molecule has 0 bridgehead atoms. The molecule has 9 nitrogen and oxygen atoms in total. The number of rotatable bonds is 3. The topological polar surface area (TPSA) is 129 Å². The highest BCUT2D eigenvalue weighted by Gasteiger charge is 2.46. The summed E-state index contributed by atoms with van der Waals surface area (Å²) in [6.07, 6.45) is 6.04. The quantitative estimate of drug-likeness (QED) is 0.399. The van der Waals surface area contributed by atoms with Gasteiger partial charge >= 0.3 is 0 Å². The second kappa shape index (κ2) is 12.7. The number of hydrogen-bond donors (Lipinski definition) is 2. The predicted molar refractivity (Wildman–Crippen MR) is 150 cm³/mol. The Morgan fingerprint density at radius 2 is 1.80 bits per heavy atom. The summed E-state index contributed by atoms with van der Waals surface area (Å²) in [5, 5.41) is 17.8. The summed E-state index contributed by atoms with van der Waals surface area (Å²) in [5.41, 5.74) is -0.128. The third kappa shape index (κ3) is 6.94. The van der Waals surface area contributed by atoms with Crippen LogP contribution in [0.2, 0.25) is 0 Å². The lowest BCUT2D eigenvalue weighted by Crippen LogP contribution is -2.46. The molecule has 220 valence electrons. The molecule has 1 aromatic carbocycles. The number of hydrogen-bond acceptors (Lipinski definition) is 9. The summed E-state index contributed by atoms with van der Waals surface area (Å²) in [7, 11) is -3.14. The third-order valence-corrected chi connectivity index (χ3v) is 8.96. The number of nitrogens with zero attached hydrogens (tertiary/aromatic N) is 4. The van der Waals surface area contributed by atoms with Gasteiger partial charge in [-0.3, -0.25) is 4.99 Å². The minimum atomic E-state index is -3.14. The summed E-state index contributed by atoms with van der Waals surface area (Å²) in [6.45, 7) is 1.62. The van der Waals surface area contributed by atoms with Crippen LogP contribution < -0.4 is 4.90 Å². The monoisotopic (exact) mass is 612 g/mol. The van der Waals surface area contributed by atoms with Crippen molar-refractivity contribution >= 4 is 55.5 Å². The Labute approximate surface area is 239 Å². The van der Waals surface area contributed by atoms with Gasteiger partial charge in [-0.25, -0.2) is 31.6 Å². The zero-order valence-corrected chi connectivity index (χ0v) is 23.3. The van der Waals surface area contributed by atoms with Gasteiger partial charge in [-0.05, 0) is 37.8 Å². The Morgan fingerprint density at radius 3 is 2.44 bits per heavy atom. The van der Waals surface area contributed by atoms with Crippen LogP contribution in [0.5, 0.6) is 0 Å². The first-order valence-electron chi connectivity index (χ1n) is 12.8. The number of aliphatic hydroxyl groups excluding tert-OH is 2. The van der Waals surface area contributed by atoms with Crippen LogP contribution in [0.3, 0.4) is 0 Å². The third-order valence-electron chi connectivity index (χ3n) is 7.09. The second-order valence-corrected chi connectivity index (χ2v) is 12.5. The van der Waals surface area contributed by atoms with E-state index in [2.05, 4.69) is 21.4 Å². The lowest BCUT2D eigenvalue weighted by atomic mass is 9.82. The fourth-order valence-corrected chi connectivity index (χ4v) is 6.70. The van der Waals surface area contributed by atoms with E-state index in [4.69, 9.17) is 21.1 Å². The summed E-state index contributed by atoms with van der Waals surface area (Å²) in [6, 6.07) is 7.34. The number of halogens is 4. The molecule has 3 aliphatic heterocycles. The Hall–Kier alpha value is -3.34. The van der Waals surface area contributed by atoms with Crippen molar-refractivity contribution in [3.8, 4) is 12.5 Å². The smallest absolute Gasteiger partial charge is 0.297 e. The van der Waals surface area contributed by atoms with Gasteiger partial charge in [0.25, 0.3) is 6.43 Å². The van der Waals surface area contributed by atoms with Crippen molar-refractivity contribution in [1.29, 1.82) is 0 Å². The molecular weight excluding hydrogens is 585 g/mol. The fourth-order valence-electron chi connectivity index (χ4n) is 5.00. The van der Waals surface area contributed by atoms with Gasteiger partial charge < -0.3 is 19.5 Å². The van der Waals surface area contributed by atoms with Crippen molar-refractivity contribution in [2.75, 3.05) is 29.5 Å². The Morgan fingerprint density at radius 1 is 1.17 bits per heavy atom. The summed E-state index contributed by atoms with van der Waals surface area (Å²) >= 11 is 5.73. The predicted octanol–water partition coefficient (Wildman–Crippen LogP) is 4.91. The van der Waals surface area contributed by atoms with Crippen molar-refractivity contribution in [3.05, 3.63) is 41.2 Å².